The number of carboxylic acid groups (broad SMARTS) is 1. The summed E-state index contributed by atoms with van der Waals surface area (Å²) in [5.41, 5.74) is 0. The number of rotatable bonds is 5. The first kappa shape index (κ1) is 9.94. The minimum absolute atomic E-state index is 0.259. The van der Waals surface area contributed by atoms with Crippen molar-refractivity contribution >= 4 is 28.6 Å². The molecular formula is C7H11IO2. The van der Waals surface area contributed by atoms with Crippen molar-refractivity contribution in [3.63, 3.8) is 0 Å². The van der Waals surface area contributed by atoms with E-state index in [-0.39, 0.29) is 12.3 Å². The molecule has 58 valence electrons. The van der Waals surface area contributed by atoms with Crippen LogP contribution in [0.5, 0.6) is 0 Å². The van der Waals surface area contributed by atoms with Gasteiger partial charge in [-0.1, -0.05) is 28.7 Å². The van der Waals surface area contributed by atoms with Crippen LogP contribution in [0, 0.1) is 5.92 Å². The number of carbonyl (C=O) groups is 1. The molecule has 0 amide bonds. The van der Waals surface area contributed by atoms with Crippen molar-refractivity contribution in [2.45, 2.75) is 12.8 Å². The highest BCUT2D eigenvalue weighted by atomic mass is 127. The maximum atomic E-state index is 10.2. The Morgan fingerprint density at radius 2 is 2.40 bits per heavy atom. The van der Waals surface area contributed by atoms with Gasteiger partial charge < -0.3 is 5.11 Å². The van der Waals surface area contributed by atoms with E-state index in [1.54, 1.807) is 6.08 Å². The third kappa shape index (κ3) is 4.78. The summed E-state index contributed by atoms with van der Waals surface area (Å²) < 4.78 is 0.885. The van der Waals surface area contributed by atoms with Gasteiger partial charge in [-0.15, -0.1) is 6.58 Å². The Morgan fingerprint density at radius 1 is 1.80 bits per heavy atom. The molecular weight excluding hydrogens is 243 g/mol. The van der Waals surface area contributed by atoms with Crippen LogP contribution in [-0.4, -0.2) is 15.5 Å². The molecule has 3 heteroatoms. The van der Waals surface area contributed by atoms with E-state index in [9.17, 15) is 4.79 Å². The molecule has 1 atom stereocenters. The van der Waals surface area contributed by atoms with Crippen molar-refractivity contribution in [3.05, 3.63) is 12.7 Å². The summed E-state index contributed by atoms with van der Waals surface area (Å²) >= 11 is 2.20. The van der Waals surface area contributed by atoms with Gasteiger partial charge in [0, 0.05) is 10.8 Å². The molecule has 0 aliphatic heterocycles. The molecule has 0 radical (unpaired) electrons. The number of hydrogen-bond donors (Lipinski definition) is 1. The van der Waals surface area contributed by atoms with Crippen LogP contribution < -0.4 is 0 Å². The van der Waals surface area contributed by atoms with E-state index < -0.39 is 5.97 Å². The predicted molar refractivity (Wildman–Crippen MR) is 49.4 cm³/mol. The van der Waals surface area contributed by atoms with Gasteiger partial charge in [0.25, 0.3) is 0 Å². The number of allylic oxidation sites excluding steroid dienone is 1. The van der Waals surface area contributed by atoms with Gasteiger partial charge in [0.15, 0.2) is 0 Å². The van der Waals surface area contributed by atoms with E-state index in [1.807, 2.05) is 0 Å². The third-order valence-electron chi connectivity index (χ3n) is 1.18. The summed E-state index contributed by atoms with van der Waals surface area (Å²) in [6.45, 7) is 3.56. The molecule has 0 aliphatic rings. The molecule has 0 aromatic heterocycles. The largest absolute Gasteiger partial charge is 0.481 e. The lowest BCUT2D eigenvalue weighted by Crippen LogP contribution is -2.07. The van der Waals surface area contributed by atoms with Gasteiger partial charge >= 0.3 is 5.97 Å². The first-order valence-corrected chi connectivity index (χ1v) is 4.62. The molecule has 0 aromatic carbocycles. The highest BCUT2D eigenvalue weighted by Gasteiger charge is 2.08. The van der Waals surface area contributed by atoms with Crippen LogP contribution in [0.2, 0.25) is 0 Å². The van der Waals surface area contributed by atoms with Crippen LogP contribution in [0.3, 0.4) is 0 Å². The summed E-state index contributed by atoms with van der Waals surface area (Å²) in [5, 5.41) is 8.40. The summed E-state index contributed by atoms with van der Waals surface area (Å²) in [6.07, 6.45) is 2.83. The minimum Gasteiger partial charge on any atom is -0.481 e. The first-order chi connectivity index (χ1) is 4.70. The molecule has 1 N–H and O–H groups in total. The maximum Gasteiger partial charge on any atom is 0.303 e. The van der Waals surface area contributed by atoms with Gasteiger partial charge in [0.2, 0.25) is 0 Å². The van der Waals surface area contributed by atoms with Gasteiger partial charge in [-0.05, 0) is 12.3 Å². The van der Waals surface area contributed by atoms with E-state index >= 15 is 0 Å². The number of carboxylic acids is 1. The number of halogens is 1. The average molecular weight is 254 g/mol. The zero-order valence-electron chi connectivity index (χ0n) is 5.72. The molecule has 0 fully saturated rings. The lowest BCUT2D eigenvalue weighted by molar-refractivity contribution is -0.137. The van der Waals surface area contributed by atoms with Gasteiger partial charge in [-0.2, -0.15) is 0 Å². The van der Waals surface area contributed by atoms with Crippen molar-refractivity contribution in [1.82, 2.24) is 0 Å². The van der Waals surface area contributed by atoms with Gasteiger partial charge in [0.1, 0.15) is 0 Å². The van der Waals surface area contributed by atoms with Crippen LogP contribution in [0.25, 0.3) is 0 Å². The highest BCUT2D eigenvalue weighted by Crippen LogP contribution is 2.11. The Bertz CT molecular complexity index is 123. The van der Waals surface area contributed by atoms with Crippen LogP contribution in [-0.2, 0) is 4.79 Å². The van der Waals surface area contributed by atoms with E-state index in [0.29, 0.717) is 0 Å². The molecule has 0 aliphatic carbocycles. The standard InChI is InChI=1S/C7H11IO2/c1-2-3-6(5-8)4-7(9)10/h2,6H,1,3-5H2,(H,9,10). The highest BCUT2D eigenvalue weighted by molar-refractivity contribution is 14.1. The Morgan fingerprint density at radius 3 is 2.70 bits per heavy atom. The zero-order chi connectivity index (χ0) is 7.98. The van der Waals surface area contributed by atoms with Gasteiger partial charge in [-0.3, -0.25) is 4.79 Å². The fourth-order valence-electron chi connectivity index (χ4n) is 0.684. The Labute approximate surface area is 74.5 Å². The van der Waals surface area contributed by atoms with Crippen LogP contribution >= 0.6 is 22.6 Å². The first-order valence-electron chi connectivity index (χ1n) is 3.09. The van der Waals surface area contributed by atoms with E-state index in [1.165, 1.54) is 0 Å². The molecule has 0 spiro atoms. The molecule has 0 rings (SSSR count). The molecule has 10 heavy (non-hydrogen) atoms. The smallest absolute Gasteiger partial charge is 0.303 e. The molecule has 0 aromatic rings. The second kappa shape index (κ2) is 5.70. The second-order valence-electron chi connectivity index (χ2n) is 2.14. The van der Waals surface area contributed by atoms with E-state index in [4.69, 9.17) is 5.11 Å². The summed E-state index contributed by atoms with van der Waals surface area (Å²) in [4.78, 5) is 10.2. The van der Waals surface area contributed by atoms with Crippen LogP contribution in [0.15, 0.2) is 12.7 Å². The van der Waals surface area contributed by atoms with E-state index in [0.717, 1.165) is 10.8 Å². The average Bonchev–Trinajstić information content (AvgIpc) is 1.86. The molecule has 0 saturated carbocycles. The Hall–Kier alpha value is -0.0600. The SMILES string of the molecule is C=CCC(CI)CC(=O)O. The fraction of sp³-hybridized carbons (Fsp3) is 0.571. The van der Waals surface area contributed by atoms with Gasteiger partial charge in [0.05, 0.1) is 0 Å². The summed E-state index contributed by atoms with van der Waals surface area (Å²) in [7, 11) is 0. The number of aliphatic carboxylic acids is 1. The molecule has 1 unspecified atom stereocenters. The monoisotopic (exact) mass is 254 g/mol. The van der Waals surface area contributed by atoms with Crippen molar-refractivity contribution in [1.29, 1.82) is 0 Å². The number of alkyl halides is 1. The molecule has 2 nitrogen and oxygen atoms in total. The summed E-state index contributed by atoms with van der Waals surface area (Å²) in [6, 6.07) is 0. The quantitative estimate of drug-likeness (QED) is 0.463. The van der Waals surface area contributed by atoms with Crippen LogP contribution in [0.4, 0.5) is 0 Å². The topological polar surface area (TPSA) is 37.3 Å². The zero-order valence-corrected chi connectivity index (χ0v) is 7.87. The molecule has 0 bridgehead atoms. The lowest BCUT2D eigenvalue weighted by atomic mass is 10.0. The van der Waals surface area contributed by atoms with Crippen molar-refractivity contribution < 1.29 is 9.90 Å². The fourth-order valence-corrected chi connectivity index (χ4v) is 1.35. The lowest BCUT2D eigenvalue weighted by Gasteiger charge is -2.06. The predicted octanol–water partition coefficient (Wildman–Crippen LogP) is 2.09. The molecule has 0 heterocycles. The maximum absolute atomic E-state index is 10.2. The van der Waals surface area contributed by atoms with Crippen molar-refractivity contribution in [3.8, 4) is 0 Å². The second-order valence-corrected chi connectivity index (χ2v) is 3.02. The van der Waals surface area contributed by atoms with Crippen LogP contribution in [0.1, 0.15) is 12.8 Å². The van der Waals surface area contributed by atoms with Crippen molar-refractivity contribution in [2.24, 2.45) is 5.92 Å². The van der Waals surface area contributed by atoms with Crippen molar-refractivity contribution in [2.75, 3.05) is 4.43 Å². The third-order valence-corrected chi connectivity index (χ3v) is 2.43. The summed E-state index contributed by atoms with van der Waals surface area (Å²) in [5.74, 6) is -0.459. The molecule has 0 saturated heterocycles. The minimum atomic E-state index is -0.719. The normalized spacial score (nSPS) is 12.5. The Balaban J connectivity index is 3.59. The Kier molecular flexibility index (Phi) is 5.67. The number of hydrogen-bond acceptors (Lipinski definition) is 1. The van der Waals surface area contributed by atoms with E-state index in [2.05, 4.69) is 29.2 Å². The van der Waals surface area contributed by atoms with Gasteiger partial charge in [-0.25, -0.2) is 0 Å².